The van der Waals surface area contributed by atoms with E-state index in [0.717, 1.165) is 0 Å². The Morgan fingerprint density at radius 1 is 0.391 bits per heavy atom. The third-order valence-electron chi connectivity index (χ3n) is 2.56. The molecule has 0 aromatic heterocycles. The van der Waals surface area contributed by atoms with Gasteiger partial charge in [0.25, 0.3) is 0 Å². The number of hydrogen-bond donors (Lipinski definition) is 1. The molecule has 0 radical (unpaired) electrons. The fraction of sp³-hybridized carbons (Fsp3) is 1.00. The van der Waals surface area contributed by atoms with Crippen molar-refractivity contribution < 1.29 is 65.9 Å². The molecule has 0 saturated carbocycles. The predicted molar refractivity (Wildman–Crippen MR) is 39.6 cm³/mol. The zero-order chi connectivity index (χ0) is 19.5. The first-order chi connectivity index (χ1) is 9.50. The molecule has 0 saturated heterocycles. The highest BCUT2D eigenvalue weighted by Gasteiger charge is 2.99. The third kappa shape index (κ3) is 2.67. The van der Waals surface area contributed by atoms with Crippen molar-refractivity contribution in [1.29, 1.82) is 0 Å². The van der Waals surface area contributed by atoms with E-state index in [1.165, 1.54) is 0 Å². The molecule has 2 N–H and O–H groups in total. The Labute approximate surface area is 115 Å². The average Bonchev–Trinajstić information content (AvgIpc) is 2.06. The lowest BCUT2D eigenvalue weighted by Crippen LogP contribution is -2.76. The van der Waals surface area contributed by atoms with Crippen molar-refractivity contribution in [2.75, 3.05) is 0 Å². The van der Waals surface area contributed by atoms with Gasteiger partial charge in [-0.3, -0.25) is 5.73 Å². The average molecular weight is 385 g/mol. The van der Waals surface area contributed by atoms with Gasteiger partial charge in [0.2, 0.25) is 0 Å². The molecule has 0 atom stereocenters. The molecule has 0 spiro atoms. The Kier molecular flexibility index (Phi) is 4.72. The van der Waals surface area contributed by atoms with Crippen molar-refractivity contribution in [3.05, 3.63) is 0 Å². The molecule has 0 aliphatic carbocycles. The molecule has 0 rings (SSSR count). The van der Waals surface area contributed by atoms with Crippen LogP contribution in [0.15, 0.2) is 0 Å². The smallest absolute Gasteiger partial charge is 0.267 e. The molecule has 23 heavy (non-hydrogen) atoms. The van der Waals surface area contributed by atoms with Crippen LogP contribution >= 0.6 is 0 Å². The maximum Gasteiger partial charge on any atom is 0.418 e. The second kappa shape index (κ2) is 4.95. The van der Waals surface area contributed by atoms with Crippen LogP contribution in [0, 0.1) is 5.41 Å². The maximum atomic E-state index is 13.0. The SMILES string of the molecule is NC(F)(F)C(F)(F)C(F)(F)C(C(F)(F)F)(C(F)(F)F)C(F)(F)F. The number of halogens is 15. The van der Waals surface area contributed by atoms with Gasteiger partial charge >= 0.3 is 41.8 Å². The van der Waals surface area contributed by atoms with Crippen LogP contribution in [0.5, 0.6) is 0 Å². The summed E-state index contributed by atoms with van der Waals surface area (Å²) in [5.41, 5.74) is -5.43. The molecule has 0 aliphatic rings. The van der Waals surface area contributed by atoms with E-state index in [1.807, 2.05) is 0 Å². The molecule has 140 valence electrons. The van der Waals surface area contributed by atoms with Gasteiger partial charge in [0.15, 0.2) is 0 Å². The highest BCUT2D eigenvalue weighted by Crippen LogP contribution is 2.70. The van der Waals surface area contributed by atoms with Crippen LogP contribution in [0.2, 0.25) is 0 Å². The van der Waals surface area contributed by atoms with Crippen molar-refractivity contribution in [1.82, 2.24) is 0 Å². The first-order valence-electron chi connectivity index (χ1n) is 4.62. The fourth-order valence-corrected chi connectivity index (χ4v) is 1.46. The van der Waals surface area contributed by atoms with Gasteiger partial charge < -0.3 is 0 Å². The van der Waals surface area contributed by atoms with E-state index < -0.39 is 41.8 Å². The first-order valence-corrected chi connectivity index (χ1v) is 4.62. The van der Waals surface area contributed by atoms with Crippen molar-refractivity contribution in [3.8, 4) is 0 Å². The molecule has 0 aromatic rings. The highest BCUT2D eigenvalue weighted by atomic mass is 19.4. The van der Waals surface area contributed by atoms with Gasteiger partial charge in [-0.15, -0.1) is 0 Å². The molecule has 0 aliphatic heterocycles. The van der Waals surface area contributed by atoms with Crippen LogP contribution in [-0.2, 0) is 0 Å². The minimum atomic E-state index is -8.49. The summed E-state index contributed by atoms with van der Waals surface area (Å²) in [7, 11) is 0. The molecule has 0 unspecified atom stereocenters. The summed E-state index contributed by atoms with van der Waals surface area (Å²) < 4.78 is 186. The minimum Gasteiger partial charge on any atom is -0.267 e. The van der Waals surface area contributed by atoms with Gasteiger partial charge in [0, 0.05) is 0 Å². The summed E-state index contributed by atoms with van der Waals surface area (Å²) in [5.74, 6) is -16.3. The van der Waals surface area contributed by atoms with Gasteiger partial charge in [-0.2, -0.15) is 65.9 Å². The Morgan fingerprint density at radius 2 is 0.609 bits per heavy atom. The molecule has 0 heterocycles. The first kappa shape index (κ1) is 21.9. The highest BCUT2D eigenvalue weighted by molar-refractivity contribution is 5.15. The van der Waals surface area contributed by atoms with Gasteiger partial charge in [-0.1, -0.05) is 0 Å². The lowest BCUT2D eigenvalue weighted by molar-refractivity contribution is -0.506. The second-order valence-corrected chi connectivity index (χ2v) is 4.02. The number of rotatable bonds is 3. The fourth-order valence-electron chi connectivity index (χ4n) is 1.46. The van der Waals surface area contributed by atoms with Gasteiger partial charge in [0.1, 0.15) is 0 Å². The maximum absolute atomic E-state index is 13.0. The van der Waals surface area contributed by atoms with Crippen molar-refractivity contribution >= 4 is 0 Å². The summed E-state index contributed by atoms with van der Waals surface area (Å²) in [4.78, 5) is 0. The van der Waals surface area contributed by atoms with E-state index in [4.69, 9.17) is 0 Å². The minimum absolute atomic E-state index is 3.06. The second-order valence-electron chi connectivity index (χ2n) is 4.02. The summed E-state index contributed by atoms with van der Waals surface area (Å²) in [6.45, 7) is 0. The molecular formula is C7H2F15N. The zero-order valence-corrected chi connectivity index (χ0v) is 9.75. The van der Waals surface area contributed by atoms with Gasteiger partial charge in [-0.05, 0) is 0 Å². The Hall–Kier alpha value is -1.09. The molecule has 0 amide bonds. The standard InChI is InChI=1S/C7H2F15N/c8-2(9,3(10,11)7(21,22)23)1(4(12,13)14,5(15,16)17)6(18,19)20/h23H2. The van der Waals surface area contributed by atoms with Gasteiger partial charge in [0.05, 0.1) is 0 Å². The van der Waals surface area contributed by atoms with E-state index in [-0.39, 0.29) is 0 Å². The quantitative estimate of drug-likeness (QED) is 0.563. The summed E-state index contributed by atoms with van der Waals surface area (Å²) in [6, 6.07) is -6.84. The lowest BCUT2D eigenvalue weighted by Gasteiger charge is -2.46. The van der Waals surface area contributed by atoms with E-state index in [1.54, 1.807) is 0 Å². The van der Waals surface area contributed by atoms with Crippen molar-refractivity contribution in [3.63, 3.8) is 0 Å². The lowest BCUT2D eigenvalue weighted by atomic mass is 9.75. The molecule has 0 aromatic carbocycles. The topological polar surface area (TPSA) is 26.0 Å². The van der Waals surface area contributed by atoms with Crippen LogP contribution in [-0.4, -0.2) is 36.4 Å². The molecule has 0 fully saturated rings. The normalized spacial score (nSPS) is 16.7. The number of hydrogen-bond acceptors (Lipinski definition) is 1. The van der Waals surface area contributed by atoms with Crippen LogP contribution < -0.4 is 5.73 Å². The number of nitrogens with two attached hydrogens (primary N) is 1. The predicted octanol–water partition coefficient (Wildman–Crippen LogP) is 4.48. The zero-order valence-electron chi connectivity index (χ0n) is 9.75. The van der Waals surface area contributed by atoms with Crippen LogP contribution in [0.1, 0.15) is 0 Å². The third-order valence-corrected chi connectivity index (χ3v) is 2.56. The van der Waals surface area contributed by atoms with E-state index >= 15 is 0 Å². The van der Waals surface area contributed by atoms with E-state index in [9.17, 15) is 65.9 Å². The Balaban J connectivity index is 7.12. The monoisotopic (exact) mass is 385 g/mol. The van der Waals surface area contributed by atoms with Crippen molar-refractivity contribution in [2.45, 2.75) is 36.4 Å². The summed E-state index contributed by atoms with van der Waals surface area (Å²) in [6.07, 6.45) is -24.5. The van der Waals surface area contributed by atoms with Crippen LogP contribution in [0.25, 0.3) is 0 Å². The number of alkyl halides is 15. The Morgan fingerprint density at radius 3 is 0.739 bits per heavy atom. The van der Waals surface area contributed by atoms with Crippen LogP contribution in [0.3, 0.4) is 0 Å². The molecule has 16 heteroatoms. The van der Waals surface area contributed by atoms with E-state index in [2.05, 4.69) is 5.73 Å². The van der Waals surface area contributed by atoms with Crippen LogP contribution in [0.4, 0.5) is 65.9 Å². The summed E-state index contributed by atoms with van der Waals surface area (Å²) in [5, 5.41) is 0. The molecule has 0 bridgehead atoms. The Bertz CT molecular complexity index is 395. The van der Waals surface area contributed by atoms with Crippen molar-refractivity contribution in [2.24, 2.45) is 11.1 Å². The summed E-state index contributed by atoms with van der Waals surface area (Å²) >= 11 is 0. The molecule has 1 nitrogen and oxygen atoms in total. The molecular weight excluding hydrogens is 383 g/mol. The van der Waals surface area contributed by atoms with E-state index in [0.29, 0.717) is 0 Å². The largest absolute Gasteiger partial charge is 0.418 e. The van der Waals surface area contributed by atoms with Gasteiger partial charge in [-0.25, -0.2) is 0 Å².